The van der Waals surface area contributed by atoms with Crippen LogP contribution in [0.1, 0.15) is 70.1 Å². The topological polar surface area (TPSA) is 58.6 Å². The van der Waals surface area contributed by atoms with Gasteiger partial charge in [0, 0.05) is 12.6 Å². The number of carbonyl (C=O) groups excluding carboxylic acids is 2. The molecule has 0 fully saturated rings. The van der Waals surface area contributed by atoms with Crippen LogP contribution in [0.2, 0.25) is 0 Å². The zero-order valence-electron chi connectivity index (χ0n) is 20.4. The number of hydrogen-bond acceptors (Lipinski definition) is 3. The van der Waals surface area contributed by atoms with E-state index in [1.165, 1.54) is 5.56 Å². The first kappa shape index (κ1) is 25.4. The van der Waals surface area contributed by atoms with E-state index in [0.29, 0.717) is 24.6 Å². The largest absolute Gasteiger partial charge is 0.484 e. The summed E-state index contributed by atoms with van der Waals surface area (Å²) in [5.41, 5.74) is 3.34. The lowest BCUT2D eigenvalue weighted by Crippen LogP contribution is -2.51. The Labute approximate surface area is 193 Å². The molecule has 2 aromatic rings. The van der Waals surface area contributed by atoms with Crippen LogP contribution in [0, 0.1) is 6.92 Å². The molecule has 0 aliphatic heterocycles. The molecular weight excluding hydrogens is 400 g/mol. The number of amides is 2. The van der Waals surface area contributed by atoms with Crippen LogP contribution in [0.5, 0.6) is 5.75 Å². The Morgan fingerprint density at radius 1 is 0.969 bits per heavy atom. The number of benzene rings is 2. The number of ether oxygens (including phenoxy) is 1. The van der Waals surface area contributed by atoms with E-state index in [1.807, 2.05) is 76.2 Å². The highest BCUT2D eigenvalue weighted by Crippen LogP contribution is 2.20. The van der Waals surface area contributed by atoms with E-state index in [2.05, 4.69) is 19.2 Å². The lowest BCUT2D eigenvalue weighted by Gasteiger charge is -2.31. The number of carbonyl (C=O) groups is 2. The van der Waals surface area contributed by atoms with E-state index in [9.17, 15) is 9.59 Å². The average Bonchev–Trinajstić information content (AvgIpc) is 2.78. The standard InChI is InChI=1S/C27H38N2O3/c1-7-21(6)28-27(31)25(8-2)29(17-23-12-10-9-11-20(23)5)26(30)18-32-24-15-13-22(14-16-24)19(3)4/h9-16,19,21,25H,7-8,17-18H2,1-6H3,(H,28,31)/t21-,25+/m0/s1. The molecule has 0 bridgehead atoms. The van der Waals surface area contributed by atoms with Crippen molar-refractivity contribution in [2.45, 2.75) is 78.9 Å². The molecule has 5 heteroatoms. The van der Waals surface area contributed by atoms with E-state index < -0.39 is 6.04 Å². The van der Waals surface area contributed by atoms with Gasteiger partial charge in [-0.2, -0.15) is 0 Å². The predicted octanol–water partition coefficient (Wildman–Crippen LogP) is 5.22. The second-order valence-corrected chi connectivity index (χ2v) is 8.70. The Balaban J connectivity index is 2.20. The number of nitrogens with zero attached hydrogens (tertiary/aromatic N) is 1. The van der Waals surface area contributed by atoms with Gasteiger partial charge in [0.2, 0.25) is 5.91 Å². The molecule has 2 aromatic carbocycles. The van der Waals surface area contributed by atoms with Gasteiger partial charge in [0.1, 0.15) is 11.8 Å². The van der Waals surface area contributed by atoms with E-state index in [1.54, 1.807) is 4.90 Å². The van der Waals surface area contributed by atoms with Gasteiger partial charge in [0.05, 0.1) is 0 Å². The third-order valence-corrected chi connectivity index (χ3v) is 5.90. The lowest BCUT2D eigenvalue weighted by molar-refractivity contribution is -0.143. The summed E-state index contributed by atoms with van der Waals surface area (Å²) in [7, 11) is 0. The van der Waals surface area contributed by atoms with Crippen molar-refractivity contribution < 1.29 is 14.3 Å². The molecule has 0 saturated heterocycles. The molecule has 1 N–H and O–H groups in total. The van der Waals surface area contributed by atoms with Gasteiger partial charge in [-0.25, -0.2) is 0 Å². The minimum atomic E-state index is -0.553. The number of hydrogen-bond donors (Lipinski definition) is 1. The highest BCUT2D eigenvalue weighted by molar-refractivity contribution is 5.88. The molecule has 0 radical (unpaired) electrons. The maximum atomic E-state index is 13.3. The highest BCUT2D eigenvalue weighted by Gasteiger charge is 2.29. The van der Waals surface area contributed by atoms with Crippen LogP contribution in [0.4, 0.5) is 0 Å². The van der Waals surface area contributed by atoms with Gasteiger partial charge >= 0.3 is 0 Å². The average molecular weight is 439 g/mol. The molecule has 32 heavy (non-hydrogen) atoms. The zero-order chi connectivity index (χ0) is 23.7. The third-order valence-electron chi connectivity index (χ3n) is 5.90. The van der Waals surface area contributed by atoms with Crippen molar-refractivity contribution in [2.24, 2.45) is 0 Å². The fraction of sp³-hybridized carbons (Fsp3) is 0.481. The quantitative estimate of drug-likeness (QED) is 0.523. The van der Waals surface area contributed by atoms with E-state index in [-0.39, 0.29) is 24.5 Å². The van der Waals surface area contributed by atoms with Crippen LogP contribution < -0.4 is 10.1 Å². The van der Waals surface area contributed by atoms with Crippen molar-refractivity contribution >= 4 is 11.8 Å². The Hall–Kier alpha value is -2.82. The van der Waals surface area contributed by atoms with Gasteiger partial charge in [-0.15, -0.1) is 0 Å². The molecule has 0 aliphatic carbocycles. The van der Waals surface area contributed by atoms with Crippen LogP contribution >= 0.6 is 0 Å². The molecule has 0 aliphatic rings. The van der Waals surface area contributed by atoms with Gasteiger partial charge in [0.25, 0.3) is 5.91 Å². The van der Waals surface area contributed by atoms with Crippen LogP contribution in [0.3, 0.4) is 0 Å². The van der Waals surface area contributed by atoms with Crippen LogP contribution in [0.15, 0.2) is 48.5 Å². The van der Waals surface area contributed by atoms with Crippen molar-refractivity contribution in [3.05, 3.63) is 65.2 Å². The van der Waals surface area contributed by atoms with Crippen molar-refractivity contribution in [1.29, 1.82) is 0 Å². The van der Waals surface area contributed by atoms with E-state index >= 15 is 0 Å². The number of rotatable bonds is 11. The molecule has 0 aromatic heterocycles. The van der Waals surface area contributed by atoms with Gasteiger partial charge in [-0.05, 0) is 61.4 Å². The minimum absolute atomic E-state index is 0.0580. The third kappa shape index (κ3) is 7.11. The minimum Gasteiger partial charge on any atom is -0.484 e. The molecule has 0 saturated carbocycles. The first-order valence-electron chi connectivity index (χ1n) is 11.6. The zero-order valence-corrected chi connectivity index (χ0v) is 20.4. The maximum absolute atomic E-state index is 13.3. The summed E-state index contributed by atoms with van der Waals surface area (Å²) >= 11 is 0. The second-order valence-electron chi connectivity index (χ2n) is 8.70. The van der Waals surface area contributed by atoms with Crippen LogP contribution in [0.25, 0.3) is 0 Å². The van der Waals surface area contributed by atoms with Crippen molar-refractivity contribution in [3.8, 4) is 5.75 Å². The van der Waals surface area contributed by atoms with Gasteiger partial charge in [0.15, 0.2) is 6.61 Å². The van der Waals surface area contributed by atoms with E-state index in [0.717, 1.165) is 17.5 Å². The van der Waals surface area contributed by atoms with Crippen molar-refractivity contribution in [2.75, 3.05) is 6.61 Å². The highest BCUT2D eigenvalue weighted by atomic mass is 16.5. The van der Waals surface area contributed by atoms with Gasteiger partial charge in [-0.1, -0.05) is 64.1 Å². The summed E-state index contributed by atoms with van der Waals surface area (Å²) in [6.45, 7) is 12.5. The predicted molar refractivity (Wildman–Crippen MR) is 130 cm³/mol. The summed E-state index contributed by atoms with van der Waals surface area (Å²) < 4.78 is 5.81. The number of nitrogens with one attached hydrogen (secondary N) is 1. The summed E-state index contributed by atoms with van der Waals surface area (Å²) in [4.78, 5) is 27.9. The maximum Gasteiger partial charge on any atom is 0.261 e. The SMILES string of the molecule is CC[C@H](C(=O)N[C@@H](C)CC)N(Cc1ccccc1C)C(=O)COc1ccc(C(C)C)cc1. The molecule has 2 atom stereocenters. The molecule has 0 spiro atoms. The van der Waals surface area contributed by atoms with Gasteiger partial charge in [-0.3, -0.25) is 9.59 Å². The lowest BCUT2D eigenvalue weighted by atomic mass is 10.0. The van der Waals surface area contributed by atoms with Crippen LogP contribution in [-0.4, -0.2) is 35.4 Å². The normalized spacial score (nSPS) is 12.8. The first-order chi connectivity index (χ1) is 15.3. The molecule has 2 rings (SSSR count). The first-order valence-corrected chi connectivity index (χ1v) is 11.6. The summed E-state index contributed by atoms with van der Waals surface area (Å²) in [6, 6.07) is 15.3. The fourth-order valence-corrected chi connectivity index (χ4v) is 3.51. The second kappa shape index (κ2) is 12.3. The summed E-state index contributed by atoms with van der Waals surface area (Å²) in [5, 5.41) is 3.03. The Morgan fingerprint density at radius 2 is 1.62 bits per heavy atom. The molecular formula is C27H38N2O3. The van der Waals surface area contributed by atoms with Crippen LogP contribution in [-0.2, 0) is 16.1 Å². The van der Waals surface area contributed by atoms with E-state index in [4.69, 9.17) is 4.74 Å². The summed E-state index contributed by atoms with van der Waals surface area (Å²) in [6.07, 6.45) is 1.37. The molecule has 174 valence electrons. The summed E-state index contributed by atoms with van der Waals surface area (Å²) in [5.74, 6) is 0.762. The van der Waals surface area contributed by atoms with Crippen molar-refractivity contribution in [3.63, 3.8) is 0 Å². The molecule has 5 nitrogen and oxygen atoms in total. The Kier molecular flexibility index (Phi) is 9.76. The molecule has 0 unspecified atom stereocenters. The number of aryl methyl sites for hydroxylation is 1. The monoisotopic (exact) mass is 438 g/mol. The Bertz CT molecular complexity index is 877. The fourth-order valence-electron chi connectivity index (χ4n) is 3.51. The van der Waals surface area contributed by atoms with Gasteiger partial charge < -0.3 is 15.0 Å². The Morgan fingerprint density at radius 3 is 2.19 bits per heavy atom. The van der Waals surface area contributed by atoms with Crippen molar-refractivity contribution in [1.82, 2.24) is 10.2 Å². The molecule has 2 amide bonds. The molecule has 0 heterocycles. The smallest absolute Gasteiger partial charge is 0.261 e.